The van der Waals surface area contributed by atoms with Crippen LogP contribution in [0.3, 0.4) is 0 Å². The number of amides is 1. The average Bonchev–Trinajstić information content (AvgIpc) is 3.17. The first-order chi connectivity index (χ1) is 11.5. The van der Waals surface area contributed by atoms with Crippen molar-refractivity contribution in [1.82, 2.24) is 10.5 Å². The molecule has 2 N–H and O–H groups in total. The Balaban J connectivity index is 1.79. The SMILES string of the molecule is O=C(O)CC1(NC(=O)c2cc(-c3ccccc3Cl)on2)CCCC1. The van der Waals surface area contributed by atoms with Crippen LogP contribution in [0.4, 0.5) is 0 Å². The van der Waals surface area contributed by atoms with Crippen molar-refractivity contribution in [3.63, 3.8) is 0 Å². The maximum absolute atomic E-state index is 12.5. The summed E-state index contributed by atoms with van der Waals surface area (Å²) in [6.45, 7) is 0. The Bertz CT molecular complexity index is 765. The summed E-state index contributed by atoms with van der Waals surface area (Å²) in [7, 11) is 0. The highest BCUT2D eigenvalue weighted by atomic mass is 35.5. The Morgan fingerprint density at radius 3 is 2.67 bits per heavy atom. The number of aliphatic carboxylic acids is 1. The molecule has 1 aromatic carbocycles. The fourth-order valence-corrected chi connectivity index (χ4v) is 3.39. The van der Waals surface area contributed by atoms with Crippen LogP contribution in [0.5, 0.6) is 0 Å². The largest absolute Gasteiger partial charge is 0.481 e. The number of hydrogen-bond donors (Lipinski definition) is 2. The molecule has 1 aromatic heterocycles. The van der Waals surface area contributed by atoms with Crippen molar-refractivity contribution in [3.8, 4) is 11.3 Å². The lowest BCUT2D eigenvalue weighted by Gasteiger charge is -2.28. The van der Waals surface area contributed by atoms with E-state index in [1.54, 1.807) is 18.2 Å². The molecule has 0 saturated heterocycles. The predicted octanol–water partition coefficient (Wildman–Crippen LogP) is 3.51. The summed E-state index contributed by atoms with van der Waals surface area (Å²) in [6, 6.07) is 8.61. The van der Waals surface area contributed by atoms with Gasteiger partial charge in [-0.1, -0.05) is 41.7 Å². The Hall–Kier alpha value is -2.34. The van der Waals surface area contributed by atoms with Gasteiger partial charge in [0.25, 0.3) is 5.91 Å². The minimum absolute atomic E-state index is 0.0893. The van der Waals surface area contributed by atoms with Crippen LogP contribution in [0.15, 0.2) is 34.9 Å². The van der Waals surface area contributed by atoms with Gasteiger partial charge in [-0.25, -0.2) is 0 Å². The Morgan fingerprint density at radius 2 is 2.00 bits per heavy atom. The second-order valence-corrected chi connectivity index (χ2v) is 6.48. The third-order valence-corrected chi connectivity index (χ3v) is 4.64. The summed E-state index contributed by atoms with van der Waals surface area (Å²) in [5.74, 6) is -0.959. The first kappa shape index (κ1) is 16.5. The first-order valence-electron chi connectivity index (χ1n) is 7.75. The zero-order valence-corrected chi connectivity index (χ0v) is 13.7. The van der Waals surface area contributed by atoms with E-state index < -0.39 is 17.4 Å². The number of carboxylic acids is 1. The van der Waals surface area contributed by atoms with Crippen LogP contribution in [0, 0.1) is 0 Å². The molecule has 1 aliphatic carbocycles. The average molecular weight is 349 g/mol. The van der Waals surface area contributed by atoms with Crippen molar-refractivity contribution in [1.29, 1.82) is 0 Å². The molecule has 0 spiro atoms. The monoisotopic (exact) mass is 348 g/mol. The zero-order valence-electron chi connectivity index (χ0n) is 12.9. The Morgan fingerprint density at radius 1 is 1.29 bits per heavy atom. The molecule has 0 radical (unpaired) electrons. The second-order valence-electron chi connectivity index (χ2n) is 6.07. The molecule has 126 valence electrons. The van der Waals surface area contributed by atoms with Gasteiger partial charge in [0, 0.05) is 11.6 Å². The van der Waals surface area contributed by atoms with E-state index in [1.807, 2.05) is 6.07 Å². The molecule has 0 atom stereocenters. The molecule has 0 aliphatic heterocycles. The lowest BCUT2D eigenvalue weighted by atomic mass is 9.93. The summed E-state index contributed by atoms with van der Waals surface area (Å²) >= 11 is 6.11. The quantitative estimate of drug-likeness (QED) is 0.862. The van der Waals surface area contributed by atoms with Gasteiger partial charge in [-0.15, -0.1) is 0 Å². The Labute approximate surface area is 143 Å². The molecule has 1 saturated carbocycles. The lowest BCUT2D eigenvalue weighted by molar-refractivity contribution is -0.138. The van der Waals surface area contributed by atoms with Crippen molar-refractivity contribution in [2.45, 2.75) is 37.6 Å². The van der Waals surface area contributed by atoms with Gasteiger partial charge in [-0.05, 0) is 25.0 Å². The summed E-state index contributed by atoms with van der Waals surface area (Å²) in [5, 5.41) is 16.2. The summed E-state index contributed by atoms with van der Waals surface area (Å²) in [4.78, 5) is 23.6. The van der Waals surface area contributed by atoms with Crippen LogP contribution >= 0.6 is 11.6 Å². The number of aromatic nitrogens is 1. The van der Waals surface area contributed by atoms with Gasteiger partial charge in [0.1, 0.15) is 0 Å². The third-order valence-electron chi connectivity index (χ3n) is 4.31. The van der Waals surface area contributed by atoms with Gasteiger partial charge < -0.3 is 14.9 Å². The van der Waals surface area contributed by atoms with Crippen molar-refractivity contribution < 1.29 is 19.2 Å². The van der Waals surface area contributed by atoms with Gasteiger partial charge in [0.2, 0.25) is 0 Å². The number of carbonyl (C=O) groups is 2. The summed E-state index contributed by atoms with van der Waals surface area (Å²) in [6.07, 6.45) is 3.02. The van der Waals surface area contributed by atoms with Crippen molar-refractivity contribution in [2.24, 2.45) is 0 Å². The smallest absolute Gasteiger partial charge is 0.305 e. The van der Waals surface area contributed by atoms with Crippen molar-refractivity contribution in [3.05, 3.63) is 41.0 Å². The fraction of sp³-hybridized carbons (Fsp3) is 0.353. The normalized spacial score (nSPS) is 16.0. The fourth-order valence-electron chi connectivity index (χ4n) is 3.16. The highest BCUT2D eigenvalue weighted by Gasteiger charge is 2.38. The van der Waals surface area contributed by atoms with Crippen molar-refractivity contribution >= 4 is 23.5 Å². The number of benzene rings is 1. The highest BCUT2D eigenvalue weighted by Crippen LogP contribution is 2.33. The van der Waals surface area contributed by atoms with Crippen LogP contribution in [0.25, 0.3) is 11.3 Å². The number of carboxylic acid groups (broad SMARTS) is 1. The third kappa shape index (κ3) is 3.43. The minimum Gasteiger partial charge on any atom is -0.481 e. The van der Waals surface area contributed by atoms with Crippen molar-refractivity contribution in [2.75, 3.05) is 0 Å². The van der Waals surface area contributed by atoms with Gasteiger partial charge >= 0.3 is 5.97 Å². The number of rotatable bonds is 5. The number of nitrogens with one attached hydrogen (secondary N) is 1. The molecule has 1 aliphatic rings. The van der Waals surface area contributed by atoms with Gasteiger partial charge in [-0.3, -0.25) is 9.59 Å². The number of nitrogens with zero attached hydrogens (tertiary/aromatic N) is 1. The molecule has 6 nitrogen and oxygen atoms in total. The second kappa shape index (κ2) is 6.65. The number of hydrogen-bond acceptors (Lipinski definition) is 4. The first-order valence-corrected chi connectivity index (χ1v) is 8.13. The summed E-state index contributed by atoms with van der Waals surface area (Å²) < 4.78 is 5.22. The Kier molecular flexibility index (Phi) is 4.57. The minimum atomic E-state index is -0.922. The standard InChI is InChI=1S/C17H17ClN2O4/c18-12-6-2-1-5-11(12)14-9-13(20-24-14)16(23)19-17(10-15(21)22)7-3-4-8-17/h1-2,5-6,9H,3-4,7-8,10H2,(H,19,23)(H,21,22). The van der Waals surface area contributed by atoms with Crippen LogP contribution in [0.2, 0.25) is 5.02 Å². The molecule has 24 heavy (non-hydrogen) atoms. The maximum atomic E-state index is 12.5. The molecule has 1 amide bonds. The summed E-state index contributed by atoms with van der Waals surface area (Å²) in [5.41, 5.74) is 0.0558. The van der Waals surface area contributed by atoms with E-state index in [0.29, 0.717) is 29.2 Å². The van der Waals surface area contributed by atoms with E-state index in [9.17, 15) is 9.59 Å². The molecule has 0 unspecified atom stereocenters. The van der Waals surface area contributed by atoms with E-state index in [0.717, 1.165) is 12.8 Å². The van der Waals surface area contributed by atoms with Crippen LogP contribution < -0.4 is 5.32 Å². The molecule has 2 aromatic rings. The zero-order chi connectivity index (χ0) is 17.2. The van der Waals surface area contributed by atoms with Gasteiger partial charge in [0.05, 0.1) is 17.0 Å². The molecule has 1 fully saturated rings. The molecule has 7 heteroatoms. The van der Waals surface area contributed by atoms with E-state index in [2.05, 4.69) is 10.5 Å². The van der Waals surface area contributed by atoms with Gasteiger partial charge in [-0.2, -0.15) is 0 Å². The number of halogens is 1. The van der Waals surface area contributed by atoms with Crippen LogP contribution in [0.1, 0.15) is 42.6 Å². The molecule has 1 heterocycles. The van der Waals surface area contributed by atoms with E-state index in [-0.39, 0.29) is 12.1 Å². The van der Waals surface area contributed by atoms with E-state index in [1.165, 1.54) is 6.07 Å². The van der Waals surface area contributed by atoms with E-state index >= 15 is 0 Å². The highest BCUT2D eigenvalue weighted by molar-refractivity contribution is 6.33. The van der Waals surface area contributed by atoms with Crippen LogP contribution in [-0.4, -0.2) is 27.7 Å². The van der Waals surface area contributed by atoms with Crippen LogP contribution in [-0.2, 0) is 4.79 Å². The molecule has 3 rings (SSSR count). The maximum Gasteiger partial charge on any atom is 0.305 e. The van der Waals surface area contributed by atoms with Gasteiger partial charge in [0.15, 0.2) is 11.5 Å². The molecular weight excluding hydrogens is 332 g/mol. The topological polar surface area (TPSA) is 92.4 Å². The number of carbonyl (C=O) groups excluding carboxylic acids is 1. The lowest BCUT2D eigenvalue weighted by Crippen LogP contribution is -2.47. The predicted molar refractivity (Wildman–Crippen MR) is 87.9 cm³/mol. The molecular formula is C17H17ClN2O4. The molecule has 0 bridgehead atoms. The van der Waals surface area contributed by atoms with E-state index in [4.69, 9.17) is 21.2 Å².